The molecule has 0 unspecified atom stereocenters. The van der Waals surface area contributed by atoms with E-state index >= 15 is 0 Å². The van der Waals surface area contributed by atoms with Gasteiger partial charge in [-0.15, -0.1) is 10.2 Å². The van der Waals surface area contributed by atoms with Crippen molar-refractivity contribution < 1.29 is 4.79 Å². The van der Waals surface area contributed by atoms with Crippen LogP contribution >= 0.6 is 0 Å². The SMILES string of the molecule is CCN(Cc1ccncc1)C(=O)c1ccc2nnc(-c3cccn3C)n2c1. The van der Waals surface area contributed by atoms with Gasteiger partial charge in [-0.1, -0.05) is 0 Å². The molecular weight excluding hydrogens is 340 g/mol. The van der Waals surface area contributed by atoms with E-state index in [1.165, 1.54) is 0 Å². The van der Waals surface area contributed by atoms with Crippen LogP contribution in [0.15, 0.2) is 61.2 Å². The number of pyridine rings is 2. The van der Waals surface area contributed by atoms with Gasteiger partial charge in [0.25, 0.3) is 5.91 Å². The Morgan fingerprint density at radius 1 is 1.11 bits per heavy atom. The predicted octanol–water partition coefficient (Wildman–Crippen LogP) is 2.79. The molecule has 7 nitrogen and oxygen atoms in total. The first-order chi connectivity index (χ1) is 13.2. The largest absolute Gasteiger partial charge is 0.348 e. The molecule has 0 bridgehead atoms. The Bertz CT molecular complexity index is 1080. The van der Waals surface area contributed by atoms with Gasteiger partial charge >= 0.3 is 0 Å². The zero-order valence-corrected chi connectivity index (χ0v) is 15.3. The Kier molecular flexibility index (Phi) is 4.42. The molecular formula is C20H20N6O. The first-order valence-electron chi connectivity index (χ1n) is 8.82. The normalized spacial score (nSPS) is 11.0. The molecule has 0 fully saturated rings. The molecule has 0 saturated carbocycles. The van der Waals surface area contributed by atoms with Gasteiger partial charge in [-0.05, 0) is 48.9 Å². The average molecular weight is 360 g/mol. The highest BCUT2D eigenvalue weighted by Gasteiger charge is 2.17. The lowest BCUT2D eigenvalue weighted by Crippen LogP contribution is -2.30. The number of hydrogen-bond acceptors (Lipinski definition) is 4. The van der Waals surface area contributed by atoms with Crippen LogP contribution in [0.3, 0.4) is 0 Å². The van der Waals surface area contributed by atoms with E-state index < -0.39 is 0 Å². The van der Waals surface area contributed by atoms with E-state index in [1.807, 2.05) is 70.6 Å². The van der Waals surface area contributed by atoms with E-state index in [9.17, 15) is 4.79 Å². The highest BCUT2D eigenvalue weighted by Crippen LogP contribution is 2.19. The molecule has 0 spiro atoms. The fourth-order valence-corrected chi connectivity index (χ4v) is 3.10. The maximum absolute atomic E-state index is 13.1. The van der Waals surface area contributed by atoms with Crippen molar-refractivity contribution in [1.29, 1.82) is 0 Å². The second-order valence-electron chi connectivity index (χ2n) is 6.35. The molecule has 0 N–H and O–H groups in total. The first kappa shape index (κ1) is 17.0. The summed E-state index contributed by atoms with van der Waals surface area (Å²) in [5.41, 5.74) is 3.31. The van der Waals surface area contributed by atoms with Crippen LogP contribution in [-0.2, 0) is 13.6 Å². The van der Waals surface area contributed by atoms with Gasteiger partial charge in [0.1, 0.15) is 0 Å². The van der Waals surface area contributed by atoms with Crippen molar-refractivity contribution in [1.82, 2.24) is 29.0 Å². The van der Waals surface area contributed by atoms with Crippen LogP contribution in [0.1, 0.15) is 22.8 Å². The molecule has 1 amide bonds. The summed E-state index contributed by atoms with van der Waals surface area (Å²) in [6.45, 7) is 3.14. The van der Waals surface area contributed by atoms with Crippen molar-refractivity contribution in [3.8, 4) is 11.5 Å². The Balaban J connectivity index is 1.68. The van der Waals surface area contributed by atoms with Gasteiger partial charge in [0, 0.05) is 44.9 Å². The Morgan fingerprint density at radius 2 is 1.93 bits per heavy atom. The van der Waals surface area contributed by atoms with Gasteiger partial charge in [0.05, 0.1) is 11.3 Å². The molecule has 27 heavy (non-hydrogen) atoms. The monoisotopic (exact) mass is 360 g/mol. The number of amides is 1. The van der Waals surface area contributed by atoms with Gasteiger partial charge in [-0.25, -0.2) is 0 Å². The molecule has 4 rings (SSSR count). The van der Waals surface area contributed by atoms with Gasteiger partial charge in [-0.2, -0.15) is 0 Å². The number of hydrogen-bond donors (Lipinski definition) is 0. The third-order valence-electron chi connectivity index (χ3n) is 4.61. The molecule has 0 aliphatic heterocycles. The van der Waals surface area contributed by atoms with E-state index in [2.05, 4.69) is 15.2 Å². The van der Waals surface area contributed by atoms with E-state index in [4.69, 9.17) is 0 Å². The molecule has 0 aliphatic carbocycles. The zero-order valence-electron chi connectivity index (χ0n) is 15.3. The molecule has 0 aromatic carbocycles. The highest BCUT2D eigenvalue weighted by atomic mass is 16.2. The fourth-order valence-electron chi connectivity index (χ4n) is 3.10. The van der Waals surface area contributed by atoms with Crippen molar-refractivity contribution in [2.75, 3.05) is 6.54 Å². The lowest BCUT2D eigenvalue weighted by molar-refractivity contribution is 0.0752. The maximum Gasteiger partial charge on any atom is 0.255 e. The van der Waals surface area contributed by atoms with E-state index in [1.54, 1.807) is 18.5 Å². The van der Waals surface area contributed by atoms with Crippen molar-refractivity contribution in [3.05, 3.63) is 72.3 Å². The average Bonchev–Trinajstić information content (AvgIpc) is 3.31. The second-order valence-corrected chi connectivity index (χ2v) is 6.35. The maximum atomic E-state index is 13.1. The van der Waals surface area contributed by atoms with Crippen LogP contribution in [0, 0.1) is 0 Å². The number of rotatable bonds is 5. The van der Waals surface area contributed by atoms with Gasteiger partial charge in [-0.3, -0.25) is 14.2 Å². The summed E-state index contributed by atoms with van der Waals surface area (Å²) >= 11 is 0. The number of aryl methyl sites for hydroxylation is 1. The predicted molar refractivity (Wildman–Crippen MR) is 102 cm³/mol. The summed E-state index contributed by atoms with van der Waals surface area (Å²) in [5.74, 6) is 0.687. The van der Waals surface area contributed by atoms with Gasteiger partial charge in [0.15, 0.2) is 11.5 Å². The van der Waals surface area contributed by atoms with Crippen molar-refractivity contribution in [2.24, 2.45) is 7.05 Å². The second kappa shape index (κ2) is 7.03. The van der Waals surface area contributed by atoms with Crippen LogP contribution in [0.25, 0.3) is 17.2 Å². The lowest BCUT2D eigenvalue weighted by Gasteiger charge is -2.21. The number of nitrogens with zero attached hydrogens (tertiary/aromatic N) is 6. The fraction of sp³-hybridized carbons (Fsp3) is 0.200. The minimum Gasteiger partial charge on any atom is -0.348 e. The first-order valence-corrected chi connectivity index (χ1v) is 8.82. The van der Waals surface area contributed by atoms with E-state index in [-0.39, 0.29) is 5.91 Å². The van der Waals surface area contributed by atoms with Crippen LogP contribution in [0.5, 0.6) is 0 Å². The molecule has 0 aliphatic rings. The molecule has 4 aromatic heterocycles. The lowest BCUT2D eigenvalue weighted by atomic mass is 10.2. The van der Waals surface area contributed by atoms with Crippen molar-refractivity contribution in [3.63, 3.8) is 0 Å². The standard InChI is InChI=1S/C20H20N6O/c1-3-25(13-15-8-10-21-11-9-15)20(27)16-6-7-18-22-23-19(26(18)14-16)17-5-4-12-24(17)2/h4-12,14H,3,13H2,1-2H3. The molecule has 4 aromatic rings. The quantitative estimate of drug-likeness (QED) is 0.549. The van der Waals surface area contributed by atoms with Gasteiger partial charge < -0.3 is 9.47 Å². The number of aromatic nitrogens is 5. The topological polar surface area (TPSA) is 68.3 Å². The molecule has 0 radical (unpaired) electrons. The molecule has 4 heterocycles. The van der Waals surface area contributed by atoms with E-state index in [0.717, 1.165) is 11.3 Å². The minimum absolute atomic E-state index is 0.0252. The van der Waals surface area contributed by atoms with Crippen molar-refractivity contribution >= 4 is 11.6 Å². The minimum atomic E-state index is -0.0252. The number of carbonyl (C=O) groups is 1. The van der Waals surface area contributed by atoms with E-state index in [0.29, 0.717) is 30.1 Å². The number of carbonyl (C=O) groups excluding carboxylic acids is 1. The third-order valence-corrected chi connectivity index (χ3v) is 4.61. The van der Waals surface area contributed by atoms with Crippen LogP contribution < -0.4 is 0 Å². The summed E-state index contributed by atoms with van der Waals surface area (Å²) in [6.07, 6.45) is 7.25. The van der Waals surface area contributed by atoms with Crippen LogP contribution in [-0.4, -0.2) is 41.5 Å². The molecule has 0 atom stereocenters. The summed E-state index contributed by atoms with van der Waals surface area (Å²) in [4.78, 5) is 18.9. The number of fused-ring (bicyclic) bond motifs is 1. The Labute approximate surface area is 156 Å². The van der Waals surface area contributed by atoms with Crippen LogP contribution in [0.4, 0.5) is 0 Å². The molecule has 0 saturated heterocycles. The van der Waals surface area contributed by atoms with Gasteiger partial charge in [0.2, 0.25) is 0 Å². The molecule has 7 heteroatoms. The van der Waals surface area contributed by atoms with Crippen LogP contribution in [0.2, 0.25) is 0 Å². The van der Waals surface area contributed by atoms with Crippen molar-refractivity contribution in [2.45, 2.75) is 13.5 Å². The molecule has 136 valence electrons. The summed E-state index contributed by atoms with van der Waals surface area (Å²) in [6, 6.07) is 11.4. The zero-order chi connectivity index (χ0) is 18.8. The third kappa shape index (κ3) is 3.19. The summed E-state index contributed by atoms with van der Waals surface area (Å²) < 4.78 is 3.84. The summed E-state index contributed by atoms with van der Waals surface area (Å²) in [7, 11) is 1.96. The highest BCUT2D eigenvalue weighted by molar-refractivity contribution is 5.94. The summed E-state index contributed by atoms with van der Waals surface area (Å²) in [5, 5.41) is 8.51. The Hall–Kier alpha value is -3.48. The smallest absolute Gasteiger partial charge is 0.255 e. The Morgan fingerprint density at radius 3 is 2.63 bits per heavy atom.